The zero-order chi connectivity index (χ0) is 23.0. The smallest absolute Gasteiger partial charge is 0.416 e. The molecule has 2 N–H and O–H groups in total. The van der Waals surface area contributed by atoms with E-state index in [1.165, 1.54) is 30.3 Å². The summed E-state index contributed by atoms with van der Waals surface area (Å²) >= 11 is 0. The minimum atomic E-state index is -4.57. The summed E-state index contributed by atoms with van der Waals surface area (Å²) in [5.41, 5.74) is -1.06. The molecule has 0 atom stereocenters. The Bertz CT molecular complexity index is 1040. The number of hydrogen-bond acceptors (Lipinski definition) is 5. The van der Waals surface area contributed by atoms with Gasteiger partial charge in [0, 0.05) is 5.69 Å². The molecular formula is C21H17F3N2O5. The molecule has 2 aromatic rings. The van der Waals surface area contributed by atoms with Gasteiger partial charge in [0.2, 0.25) is 0 Å². The number of nitrogens with zero attached hydrogens (tertiary/aromatic N) is 1. The number of rotatable bonds is 8. The first kappa shape index (κ1) is 23.3. The van der Waals surface area contributed by atoms with E-state index < -0.39 is 30.2 Å². The number of ether oxygens (including phenoxy) is 2. The maximum Gasteiger partial charge on any atom is 0.416 e. The van der Waals surface area contributed by atoms with E-state index in [-0.39, 0.29) is 29.4 Å². The first-order valence-electron chi connectivity index (χ1n) is 8.86. The Hall–Kier alpha value is -4.00. The monoisotopic (exact) mass is 434 g/mol. The number of nitriles is 1. The number of halogens is 3. The molecule has 0 aliphatic carbocycles. The van der Waals surface area contributed by atoms with Gasteiger partial charge in [0.05, 0.1) is 12.2 Å². The molecule has 0 aromatic heterocycles. The van der Waals surface area contributed by atoms with Crippen LogP contribution in [-0.4, -0.2) is 30.2 Å². The fourth-order valence-electron chi connectivity index (χ4n) is 2.43. The van der Waals surface area contributed by atoms with E-state index in [0.29, 0.717) is 5.56 Å². The quantitative estimate of drug-likeness (QED) is 0.478. The second-order valence-corrected chi connectivity index (χ2v) is 6.02. The number of carbonyl (C=O) groups excluding carboxylic acids is 1. The van der Waals surface area contributed by atoms with Gasteiger partial charge in [-0.3, -0.25) is 4.79 Å². The molecule has 2 rings (SSSR count). The predicted molar refractivity (Wildman–Crippen MR) is 104 cm³/mol. The summed E-state index contributed by atoms with van der Waals surface area (Å²) in [7, 11) is 0. The van der Waals surface area contributed by atoms with Crippen LogP contribution in [0.1, 0.15) is 18.1 Å². The van der Waals surface area contributed by atoms with Gasteiger partial charge >= 0.3 is 12.1 Å². The first-order valence-corrected chi connectivity index (χ1v) is 8.86. The van der Waals surface area contributed by atoms with Crippen molar-refractivity contribution in [3.05, 3.63) is 59.2 Å². The van der Waals surface area contributed by atoms with Crippen LogP contribution in [0.25, 0.3) is 6.08 Å². The molecule has 0 fully saturated rings. The van der Waals surface area contributed by atoms with Crippen LogP contribution < -0.4 is 14.8 Å². The third-order valence-corrected chi connectivity index (χ3v) is 3.74. The third kappa shape index (κ3) is 6.78. The molecule has 1 amide bonds. The number of aliphatic carboxylic acids is 1. The number of nitrogens with one attached hydrogen (secondary N) is 1. The van der Waals surface area contributed by atoms with Crippen LogP contribution in [0.3, 0.4) is 0 Å². The largest absolute Gasteiger partial charge is 0.490 e. The summed E-state index contributed by atoms with van der Waals surface area (Å²) in [6.07, 6.45) is -3.36. The zero-order valence-electron chi connectivity index (χ0n) is 16.2. The molecule has 0 spiro atoms. The normalized spacial score (nSPS) is 11.4. The van der Waals surface area contributed by atoms with Crippen LogP contribution in [0.4, 0.5) is 18.9 Å². The van der Waals surface area contributed by atoms with Crippen molar-refractivity contribution in [1.82, 2.24) is 0 Å². The lowest BCUT2D eigenvalue weighted by Gasteiger charge is -2.12. The summed E-state index contributed by atoms with van der Waals surface area (Å²) < 4.78 is 49.0. The lowest BCUT2D eigenvalue weighted by molar-refractivity contribution is -0.139. The molecule has 0 saturated heterocycles. The minimum Gasteiger partial charge on any atom is -0.490 e. The second kappa shape index (κ2) is 10.2. The van der Waals surface area contributed by atoms with Crippen LogP contribution in [0.2, 0.25) is 0 Å². The number of carbonyl (C=O) groups is 2. The average Bonchev–Trinajstić information content (AvgIpc) is 2.71. The van der Waals surface area contributed by atoms with E-state index in [1.807, 2.05) is 0 Å². The summed E-state index contributed by atoms with van der Waals surface area (Å²) in [5.74, 6) is -1.71. The van der Waals surface area contributed by atoms with Gasteiger partial charge < -0.3 is 19.9 Å². The van der Waals surface area contributed by atoms with Crippen LogP contribution in [-0.2, 0) is 15.8 Å². The average molecular weight is 434 g/mol. The van der Waals surface area contributed by atoms with Gasteiger partial charge in [0.15, 0.2) is 18.1 Å². The molecule has 10 heteroatoms. The van der Waals surface area contributed by atoms with Crippen LogP contribution >= 0.6 is 0 Å². The third-order valence-electron chi connectivity index (χ3n) is 3.74. The molecular weight excluding hydrogens is 417 g/mol. The summed E-state index contributed by atoms with van der Waals surface area (Å²) in [4.78, 5) is 23.0. The van der Waals surface area contributed by atoms with Gasteiger partial charge in [-0.05, 0) is 48.9 Å². The number of anilines is 1. The Balaban J connectivity index is 2.26. The van der Waals surface area contributed by atoms with E-state index in [9.17, 15) is 28.0 Å². The minimum absolute atomic E-state index is 0.117. The number of carboxylic acid groups (broad SMARTS) is 1. The highest BCUT2D eigenvalue weighted by Gasteiger charge is 2.30. The standard InChI is InChI=1S/C21H17F3N2O5/c1-2-30-18-9-13(6-7-17(18)31-12-19(27)28)8-14(11-25)20(29)26-16-5-3-4-15(10-16)21(22,23)24/h3-10H,2,12H2,1H3,(H,26,29)(H,27,28)/b14-8-. The van der Waals surface area contributed by atoms with Crippen molar-refractivity contribution < 1.29 is 37.3 Å². The number of carboxylic acids is 1. The van der Waals surface area contributed by atoms with Crippen LogP contribution in [0.5, 0.6) is 11.5 Å². The van der Waals surface area contributed by atoms with Gasteiger partial charge in [-0.15, -0.1) is 0 Å². The fourth-order valence-corrected chi connectivity index (χ4v) is 2.43. The fraction of sp³-hybridized carbons (Fsp3) is 0.190. The predicted octanol–water partition coefficient (Wildman–Crippen LogP) is 4.11. The van der Waals surface area contributed by atoms with Crippen molar-refractivity contribution >= 4 is 23.6 Å². The highest BCUT2D eigenvalue weighted by atomic mass is 19.4. The second-order valence-electron chi connectivity index (χ2n) is 6.02. The van der Waals surface area contributed by atoms with Gasteiger partial charge in [-0.25, -0.2) is 4.79 Å². The topological polar surface area (TPSA) is 109 Å². The van der Waals surface area contributed by atoms with Gasteiger partial charge in [0.25, 0.3) is 5.91 Å². The molecule has 162 valence electrons. The summed E-state index contributed by atoms with van der Waals surface area (Å²) in [6, 6.07) is 10.0. The molecule has 0 aliphatic heterocycles. The highest BCUT2D eigenvalue weighted by Crippen LogP contribution is 2.31. The van der Waals surface area contributed by atoms with E-state index in [2.05, 4.69) is 5.32 Å². The number of amides is 1. The Morgan fingerprint density at radius 2 is 1.90 bits per heavy atom. The van der Waals surface area contributed by atoms with Crippen LogP contribution in [0, 0.1) is 11.3 Å². The highest BCUT2D eigenvalue weighted by molar-refractivity contribution is 6.09. The van der Waals surface area contributed by atoms with Crippen molar-refractivity contribution in [2.75, 3.05) is 18.5 Å². The Labute approximate surface area is 175 Å². The maximum atomic E-state index is 12.8. The molecule has 2 aromatic carbocycles. The van der Waals surface area contributed by atoms with Crippen LogP contribution in [0.15, 0.2) is 48.0 Å². The van der Waals surface area contributed by atoms with E-state index in [1.54, 1.807) is 13.0 Å². The molecule has 7 nitrogen and oxygen atoms in total. The van der Waals surface area contributed by atoms with E-state index in [0.717, 1.165) is 18.2 Å². The van der Waals surface area contributed by atoms with Crippen molar-refractivity contribution in [1.29, 1.82) is 5.26 Å². The maximum absolute atomic E-state index is 12.8. The summed E-state index contributed by atoms with van der Waals surface area (Å²) in [5, 5.41) is 20.3. The molecule has 0 unspecified atom stereocenters. The van der Waals surface area contributed by atoms with E-state index in [4.69, 9.17) is 14.6 Å². The Morgan fingerprint density at radius 1 is 1.16 bits per heavy atom. The molecule has 31 heavy (non-hydrogen) atoms. The number of hydrogen-bond donors (Lipinski definition) is 2. The van der Waals surface area contributed by atoms with Crippen molar-refractivity contribution in [2.45, 2.75) is 13.1 Å². The number of benzene rings is 2. The molecule has 0 bridgehead atoms. The first-order chi connectivity index (χ1) is 14.6. The number of alkyl halides is 3. The molecule has 0 saturated carbocycles. The zero-order valence-corrected chi connectivity index (χ0v) is 16.2. The molecule has 0 radical (unpaired) electrons. The Morgan fingerprint density at radius 3 is 2.52 bits per heavy atom. The van der Waals surface area contributed by atoms with Crippen molar-refractivity contribution in [3.8, 4) is 17.6 Å². The lowest BCUT2D eigenvalue weighted by atomic mass is 10.1. The van der Waals surface area contributed by atoms with E-state index >= 15 is 0 Å². The van der Waals surface area contributed by atoms with Gasteiger partial charge in [-0.1, -0.05) is 12.1 Å². The Kier molecular flexibility index (Phi) is 7.63. The van der Waals surface area contributed by atoms with Crippen molar-refractivity contribution in [3.63, 3.8) is 0 Å². The van der Waals surface area contributed by atoms with Crippen molar-refractivity contribution in [2.24, 2.45) is 0 Å². The SMILES string of the molecule is CCOc1cc(/C=C(/C#N)C(=O)Nc2cccc(C(F)(F)F)c2)ccc1OCC(=O)O. The van der Waals surface area contributed by atoms with Gasteiger partial charge in [-0.2, -0.15) is 18.4 Å². The lowest BCUT2D eigenvalue weighted by Crippen LogP contribution is -2.14. The molecule has 0 heterocycles. The summed E-state index contributed by atoms with van der Waals surface area (Å²) in [6.45, 7) is 1.36. The molecule has 0 aliphatic rings. The van der Waals surface area contributed by atoms with Gasteiger partial charge in [0.1, 0.15) is 11.6 Å².